The quantitative estimate of drug-likeness (QED) is 0.301. The van der Waals surface area contributed by atoms with E-state index in [-0.39, 0.29) is 35.8 Å². The Balaban J connectivity index is 1.51. The number of carbonyl (C=O) groups is 1. The van der Waals surface area contributed by atoms with E-state index >= 15 is 0 Å². The fourth-order valence-corrected chi connectivity index (χ4v) is 5.26. The minimum atomic E-state index is -0.577. The van der Waals surface area contributed by atoms with Gasteiger partial charge in [0, 0.05) is 11.0 Å². The summed E-state index contributed by atoms with van der Waals surface area (Å²) in [6.07, 6.45) is 0. The second kappa shape index (κ2) is 8.23. The third-order valence-electron chi connectivity index (χ3n) is 6.81. The van der Waals surface area contributed by atoms with Crippen LogP contribution >= 0.6 is 15.9 Å². The van der Waals surface area contributed by atoms with Gasteiger partial charge in [0.15, 0.2) is 16.9 Å². The first-order chi connectivity index (χ1) is 17.2. The SMILES string of the molecule is CC(C)(C)c1ccc(C2c3c(oc4ccc(Br)cc4c3=O)C(=O)N2Cc2ccc3c(c2)OCO3)cc1. The third-order valence-corrected chi connectivity index (χ3v) is 7.30. The van der Waals surface area contributed by atoms with Crippen LogP contribution in [0.15, 0.2) is 74.3 Å². The summed E-state index contributed by atoms with van der Waals surface area (Å²) in [6, 6.07) is 18.4. The highest BCUT2D eigenvalue weighted by Crippen LogP contribution is 2.41. The van der Waals surface area contributed by atoms with Gasteiger partial charge in [-0.15, -0.1) is 0 Å². The molecule has 1 atom stereocenters. The van der Waals surface area contributed by atoms with Crippen molar-refractivity contribution in [2.24, 2.45) is 0 Å². The largest absolute Gasteiger partial charge is 0.454 e. The van der Waals surface area contributed by atoms with E-state index in [9.17, 15) is 9.59 Å². The Bertz CT molecular complexity index is 1580. The van der Waals surface area contributed by atoms with Gasteiger partial charge in [0.1, 0.15) is 5.58 Å². The van der Waals surface area contributed by atoms with Crippen molar-refractivity contribution in [1.82, 2.24) is 4.90 Å². The molecule has 1 aromatic heterocycles. The lowest BCUT2D eigenvalue weighted by Gasteiger charge is -2.26. The predicted octanol–water partition coefficient (Wildman–Crippen LogP) is 6.33. The molecule has 1 amide bonds. The number of hydrogen-bond donors (Lipinski definition) is 0. The first kappa shape index (κ1) is 22.9. The molecule has 0 radical (unpaired) electrons. The first-order valence-corrected chi connectivity index (χ1v) is 12.6. The van der Waals surface area contributed by atoms with E-state index in [4.69, 9.17) is 13.9 Å². The van der Waals surface area contributed by atoms with E-state index in [0.717, 1.165) is 15.6 Å². The van der Waals surface area contributed by atoms with Crippen LogP contribution in [0.3, 0.4) is 0 Å². The van der Waals surface area contributed by atoms with E-state index < -0.39 is 6.04 Å². The molecule has 0 spiro atoms. The summed E-state index contributed by atoms with van der Waals surface area (Å²) in [5.74, 6) is 1.11. The Morgan fingerprint density at radius 2 is 1.69 bits per heavy atom. The number of halogens is 1. The molecule has 2 aliphatic heterocycles. The van der Waals surface area contributed by atoms with Crippen LogP contribution in [0.4, 0.5) is 0 Å². The van der Waals surface area contributed by atoms with Crippen molar-refractivity contribution in [2.45, 2.75) is 38.8 Å². The van der Waals surface area contributed by atoms with Crippen molar-refractivity contribution in [2.75, 3.05) is 6.79 Å². The lowest BCUT2D eigenvalue weighted by molar-refractivity contribution is 0.0714. The van der Waals surface area contributed by atoms with Crippen LogP contribution in [-0.2, 0) is 12.0 Å². The van der Waals surface area contributed by atoms with Crippen LogP contribution < -0.4 is 14.9 Å². The van der Waals surface area contributed by atoms with Gasteiger partial charge in [-0.3, -0.25) is 9.59 Å². The average Bonchev–Trinajstić information content (AvgIpc) is 3.42. The second-order valence-electron chi connectivity index (χ2n) is 10.2. The van der Waals surface area contributed by atoms with Crippen LogP contribution in [0.5, 0.6) is 11.5 Å². The Morgan fingerprint density at radius 3 is 2.44 bits per heavy atom. The zero-order chi connectivity index (χ0) is 25.2. The van der Waals surface area contributed by atoms with E-state index in [1.165, 1.54) is 5.56 Å². The fourth-order valence-electron chi connectivity index (χ4n) is 4.90. The van der Waals surface area contributed by atoms with Gasteiger partial charge in [-0.25, -0.2) is 0 Å². The van der Waals surface area contributed by atoms with Gasteiger partial charge in [0.2, 0.25) is 12.6 Å². The van der Waals surface area contributed by atoms with Crippen LogP contribution in [0, 0.1) is 0 Å². The van der Waals surface area contributed by atoms with Gasteiger partial charge in [0.05, 0.1) is 17.0 Å². The molecule has 0 saturated heterocycles. The molecule has 182 valence electrons. The van der Waals surface area contributed by atoms with Crippen LogP contribution in [0.2, 0.25) is 0 Å². The highest BCUT2D eigenvalue weighted by Gasteiger charge is 2.43. The standard InChI is InChI=1S/C29H24BrNO5/c1-29(2,3)18-7-5-17(6-8-18)25-24-26(32)20-13-19(30)9-11-21(20)36-27(24)28(33)31(25)14-16-4-10-22-23(12-16)35-15-34-22/h4-13,25H,14-15H2,1-3H3. The van der Waals surface area contributed by atoms with Crippen LogP contribution in [0.25, 0.3) is 11.0 Å². The molecular formula is C29H24BrNO5. The lowest BCUT2D eigenvalue weighted by atomic mass is 9.86. The summed E-state index contributed by atoms with van der Waals surface area (Å²) in [5, 5.41) is 0.442. The number of fused-ring (bicyclic) bond motifs is 3. The number of ether oxygens (including phenoxy) is 2. The summed E-state index contributed by atoms with van der Waals surface area (Å²) in [7, 11) is 0. The van der Waals surface area contributed by atoms with Gasteiger partial charge < -0.3 is 18.8 Å². The fraction of sp³-hybridized carbons (Fsp3) is 0.241. The number of benzene rings is 3. The van der Waals surface area contributed by atoms with Crippen LogP contribution in [-0.4, -0.2) is 17.6 Å². The maximum absolute atomic E-state index is 13.8. The number of nitrogens with zero attached hydrogens (tertiary/aromatic N) is 1. The first-order valence-electron chi connectivity index (χ1n) is 11.8. The highest BCUT2D eigenvalue weighted by atomic mass is 79.9. The van der Waals surface area contributed by atoms with E-state index in [0.29, 0.717) is 28.0 Å². The summed E-state index contributed by atoms with van der Waals surface area (Å²) < 4.78 is 17.8. The minimum Gasteiger partial charge on any atom is -0.454 e. The van der Waals surface area contributed by atoms with Gasteiger partial charge in [-0.05, 0) is 52.4 Å². The van der Waals surface area contributed by atoms with Crippen molar-refractivity contribution in [3.63, 3.8) is 0 Å². The maximum Gasteiger partial charge on any atom is 0.291 e. The molecule has 6 rings (SSSR count). The van der Waals surface area contributed by atoms with Crippen LogP contribution in [0.1, 0.15) is 59.6 Å². The molecule has 7 heteroatoms. The zero-order valence-corrected chi connectivity index (χ0v) is 21.7. The molecule has 36 heavy (non-hydrogen) atoms. The highest BCUT2D eigenvalue weighted by molar-refractivity contribution is 9.10. The number of carbonyl (C=O) groups excluding carboxylic acids is 1. The van der Waals surface area contributed by atoms with E-state index in [1.807, 2.05) is 30.3 Å². The molecule has 0 aliphatic carbocycles. The summed E-state index contributed by atoms with van der Waals surface area (Å²) >= 11 is 3.45. The van der Waals surface area contributed by atoms with E-state index in [1.54, 1.807) is 23.1 Å². The molecule has 1 unspecified atom stereocenters. The number of rotatable bonds is 3. The molecular weight excluding hydrogens is 522 g/mol. The van der Waals surface area contributed by atoms with Crippen molar-refractivity contribution < 1.29 is 18.7 Å². The normalized spacial score (nSPS) is 16.6. The zero-order valence-electron chi connectivity index (χ0n) is 20.1. The molecule has 0 saturated carbocycles. The Kier molecular flexibility index (Phi) is 5.23. The lowest BCUT2D eigenvalue weighted by Crippen LogP contribution is -2.29. The molecule has 0 fully saturated rings. The summed E-state index contributed by atoms with van der Waals surface area (Å²) in [4.78, 5) is 29.2. The smallest absolute Gasteiger partial charge is 0.291 e. The van der Waals surface area contributed by atoms with Crippen molar-refractivity contribution >= 4 is 32.8 Å². The number of amides is 1. The molecule has 2 aliphatic rings. The summed E-state index contributed by atoms with van der Waals surface area (Å²) in [6.45, 7) is 6.92. The van der Waals surface area contributed by atoms with Gasteiger partial charge >= 0.3 is 0 Å². The van der Waals surface area contributed by atoms with E-state index in [2.05, 4.69) is 48.8 Å². The second-order valence-corrected chi connectivity index (χ2v) is 11.1. The average molecular weight is 546 g/mol. The molecule has 4 aromatic rings. The number of hydrogen-bond acceptors (Lipinski definition) is 5. The third kappa shape index (κ3) is 3.69. The molecule has 0 N–H and O–H groups in total. The van der Waals surface area contributed by atoms with Crippen molar-refractivity contribution in [1.29, 1.82) is 0 Å². The predicted molar refractivity (Wildman–Crippen MR) is 140 cm³/mol. The molecule has 0 bridgehead atoms. The maximum atomic E-state index is 13.8. The minimum absolute atomic E-state index is 0.0182. The van der Waals surface area contributed by atoms with Crippen molar-refractivity contribution in [3.8, 4) is 11.5 Å². The van der Waals surface area contributed by atoms with Crippen molar-refractivity contribution in [3.05, 3.63) is 103 Å². The molecule has 6 nitrogen and oxygen atoms in total. The topological polar surface area (TPSA) is 69.0 Å². The van der Waals surface area contributed by atoms with Gasteiger partial charge in [0.25, 0.3) is 5.91 Å². The monoisotopic (exact) mass is 545 g/mol. The summed E-state index contributed by atoms with van der Waals surface area (Å²) in [5.41, 5.74) is 3.45. The Morgan fingerprint density at radius 1 is 0.944 bits per heavy atom. The molecule has 3 aromatic carbocycles. The molecule has 3 heterocycles. The van der Waals surface area contributed by atoms with Gasteiger partial charge in [-0.1, -0.05) is 67.0 Å². The Hall–Kier alpha value is -3.58. The Labute approximate surface area is 216 Å². The van der Waals surface area contributed by atoms with Gasteiger partial charge in [-0.2, -0.15) is 0 Å².